The smallest absolute Gasteiger partial charge is 0.343 e. The molecule has 80 valence electrons. The highest BCUT2D eigenvalue weighted by molar-refractivity contribution is 5.90. The summed E-state index contributed by atoms with van der Waals surface area (Å²) in [7, 11) is 0. The minimum atomic E-state index is -0.660. The maximum atomic E-state index is 13.1. The molecule has 0 amide bonds. The predicted molar refractivity (Wildman–Crippen MR) is 55.6 cm³/mol. The monoisotopic (exact) mass is 217 g/mol. The predicted octanol–water partition coefficient (Wildman–Crippen LogP) is 2.44. The number of aromatic nitrogens is 1. The summed E-state index contributed by atoms with van der Waals surface area (Å²) in [5, 5.41) is 0. The molecule has 0 fully saturated rings. The molecule has 1 aromatic heterocycles. The maximum absolute atomic E-state index is 13.1. The molecule has 16 heavy (non-hydrogen) atoms. The molecule has 0 unspecified atom stereocenters. The molecule has 0 N–H and O–H groups in total. The van der Waals surface area contributed by atoms with Crippen LogP contribution in [-0.4, -0.2) is 11.0 Å². The first kappa shape index (κ1) is 10.3. The van der Waals surface area contributed by atoms with Crippen molar-refractivity contribution in [2.45, 2.75) is 0 Å². The molecule has 0 saturated heterocycles. The first-order valence-electron chi connectivity index (χ1n) is 4.64. The van der Waals surface area contributed by atoms with Gasteiger partial charge in [-0.3, -0.25) is 4.98 Å². The summed E-state index contributed by atoms with van der Waals surface area (Å²) in [4.78, 5) is 15.1. The largest absolute Gasteiger partial charge is 0.420 e. The highest BCUT2D eigenvalue weighted by Crippen LogP contribution is 2.15. The van der Waals surface area contributed by atoms with Crippen LogP contribution >= 0.6 is 0 Å². The zero-order chi connectivity index (χ0) is 11.4. The molecule has 0 bridgehead atoms. The minimum absolute atomic E-state index is 0.121. The van der Waals surface area contributed by atoms with E-state index < -0.39 is 11.8 Å². The Morgan fingerprint density at radius 3 is 2.62 bits per heavy atom. The highest BCUT2D eigenvalue weighted by atomic mass is 19.1. The standard InChI is InChI=1S/C12H8FNO2/c13-10-8-14-7-6-11(10)16-12(15)9-4-2-1-3-5-9/h1-8H. The number of esters is 1. The maximum Gasteiger partial charge on any atom is 0.343 e. The summed E-state index contributed by atoms with van der Waals surface area (Å²) in [5.41, 5.74) is 0.374. The van der Waals surface area contributed by atoms with E-state index in [0.29, 0.717) is 5.56 Å². The molecule has 0 radical (unpaired) electrons. The fourth-order valence-electron chi connectivity index (χ4n) is 1.18. The van der Waals surface area contributed by atoms with Crippen LogP contribution in [0.1, 0.15) is 10.4 Å². The van der Waals surface area contributed by atoms with Gasteiger partial charge < -0.3 is 4.74 Å². The lowest BCUT2D eigenvalue weighted by Gasteiger charge is -2.04. The van der Waals surface area contributed by atoms with Crippen molar-refractivity contribution >= 4 is 5.97 Å². The lowest BCUT2D eigenvalue weighted by molar-refractivity contribution is 0.0727. The van der Waals surface area contributed by atoms with Gasteiger partial charge in [0.1, 0.15) is 0 Å². The molecule has 0 aliphatic rings. The van der Waals surface area contributed by atoms with Crippen molar-refractivity contribution in [3.8, 4) is 5.75 Å². The molecule has 0 saturated carbocycles. The second-order valence-electron chi connectivity index (χ2n) is 3.06. The van der Waals surface area contributed by atoms with Gasteiger partial charge in [-0.2, -0.15) is 0 Å². The topological polar surface area (TPSA) is 39.2 Å². The molecule has 4 heteroatoms. The Balaban J connectivity index is 2.18. The zero-order valence-electron chi connectivity index (χ0n) is 8.26. The molecule has 0 aliphatic carbocycles. The molecular formula is C12H8FNO2. The van der Waals surface area contributed by atoms with E-state index in [2.05, 4.69) is 4.98 Å². The van der Waals surface area contributed by atoms with Crippen LogP contribution in [-0.2, 0) is 0 Å². The highest BCUT2D eigenvalue weighted by Gasteiger charge is 2.10. The number of pyridine rings is 1. The fourth-order valence-corrected chi connectivity index (χ4v) is 1.18. The minimum Gasteiger partial charge on any atom is -0.420 e. The summed E-state index contributed by atoms with van der Waals surface area (Å²) < 4.78 is 18.0. The van der Waals surface area contributed by atoms with Crippen LogP contribution in [0.25, 0.3) is 0 Å². The van der Waals surface area contributed by atoms with Gasteiger partial charge >= 0.3 is 5.97 Å². The molecule has 0 spiro atoms. The van der Waals surface area contributed by atoms with Gasteiger partial charge in [-0.25, -0.2) is 9.18 Å². The third-order valence-electron chi connectivity index (χ3n) is 1.95. The van der Waals surface area contributed by atoms with E-state index in [1.807, 2.05) is 0 Å². The van der Waals surface area contributed by atoms with Crippen LogP contribution in [0.3, 0.4) is 0 Å². The van der Waals surface area contributed by atoms with Gasteiger partial charge in [-0.15, -0.1) is 0 Å². The van der Waals surface area contributed by atoms with Gasteiger partial charge in [0.05, 0.1) is 11.8 Å². The van der Waals surface area contributed by atoms with Crippen molar-refractivity contribution in [2.24, 2.45) is 0 Å². The third-order valence-corrected chi connectivity index (χ3v) is 1.95. The lowest BCUT2D eigenvalue weighted by atomic mass is 10.2. The van der Waals surface area contributed by atoms with Gasteiger partial charge in [0.15, 0.2) is 11.6 Å². The van der Waals surface area contributed by atoms with Crippen molar-refractivity contribution < 1.29 is 13.9 Å². The van der Waals surface area contributed by atoms with Crippen molar-refractivity contribution in [2.75, 3.05) is 0 Å². The molecular weight excluding hydrogens is 209 g/mol. The number of benzene rings is 1. The lowest BCUT2D eigenvalue weighted by Crippen LogP contribution is -2.09. The van der Waals surface area contributed by atoms with Gasteiger partial charge in [0.2, 0.25) is 0 Å². The second-order valence-corrected chi connectivity index (χ2v) is 3.06. The summed E-state index contributed by atoms with van der Waals surface area (Å²) in [6.45, 7) is 0. The SMILES string of the molecule is O=C(Oc1ccncc1F)c1ccccc1. The first-order valence-corrected chi connectivity index (χ1v) is 4.64. The fraction of sp³-hybridized carbons (Fsp3) is 0. The number of nitrogens with zero attached hydrogens (tertiary/aromatic N) is 1. The Morgan fingerprint density at radius 1 is 1.19 bits per heavy atom. The summed E-state index contributed by atoms with van der Waals surface area (Å²) >= 11 is 0. The van der Waals surface area contributed by atoms with Gasteiger partial charge in [0, 0.05) is 12.3 Å². The van der Waals surface area contributed by atoms with E-state index in [-0.39, 0.29) is 5.75 Å². The van der Waals surface area contributed by atoms with Crippen LogP contribution in [0.5, 0.6) is 5.75 Å². The Bertz CT molecular complexity index is 499. The second kappa shape index (κ2) is 4.53. The van der Waals surface area contributed by atoms with Crippen LogP contribution in [0.15, 0.2) is 48.8 Å². The van der Waals surface area contributed by atoms with Crippen molar-refractivity contribution in [1.82, 2.24) is 4.98 Å². The van der Waals surface area contributed by atoms with Crippen molar-refractivity contribution in [3.05, 3.63) is 60.2 Å². The average Bonchev–Trinajstić information content (AvgIpc) is 2.33. The van der Waals surface area contributed by atoms with Crippen LogP contribution < -0.4 is 4.74 Å². The van der Waals surface area contributed by atoms with E-state index in [0.717, 1.165) is 6.20 Å². The van der Waals surface area contributed by atoms with Crippen molar-refractivity contribution in [1.29, 1.82) is 0 Å². The molecule has 3 nitrogen and oxygen atoms in total. The van der Waals surface area contributed by atoms with E-state index in [4.69, 9.17) is 4.74 Å². The third kappa shape index (κ3) is 2.23. The number of carbonyl (C=O) groups is 1. The van der Waals surface area contributed by atoms with Gasteiger partial charge in [-0.05, 0) is 12.1 Å². The van der Waals surface area contributed by atoms with Crippen LogP contribution in [0.2, 0.25) is 0 Å². The van der Waals surface area contributed by atoms with Crippen LogP contribution in [0, 0.1) is 5.82 Å². The number of halogens is 1. The average molecular weight is 217 g/mol. The summed E-state index contributed by atoms with van der Waals surface area (Å²) in [6, 6.07) is 9.70. The number of hydrogen-bond donors (Lipinski definition) is 0. The molecule has 2 aromatic rings. The number of ether oxygens (including phenoxy) is 1. The molecule has 1 heterocycles. The van der Waals surface area contributed by atoms with Gasteiger partial charge in [-0.1, -0.05) is 18.2 Å². The zero-order valence-corrected chi connectivity index (χ0v) is 8.26. The Morgan fingerprint density at radius 2 is 1.94 bits per heavy atom. The quantitative estimate of drug-likeness (QED) is 0.725. The first-order chi connectivity index (χ1) is 7.77. The van der Waals surface area contributed by atoms with E-state index in [9.17, 15) is 9.18 Å². The van der Waals surface area contributed by atoms with E-state index in [1.54, 1.807) is 30.3 Å². The van der Waals surface area contributed by atoms with E-state index >= 15 is 0 Å². The number of hydrogen-bond acceptors (Lipinski definition) is 3. The Hall–Kier alpha value is -2.23. The molecule has 0 atom stereocenters. The summed E-state index contributed by atoms with van der Waals surface area (Å²) in [6.07, 6.45) is 2.35. The van der Waals surface area contributed by atoms with Gasteiger partial charge in [0.25, 0.3) is 0 Å². The Kier molecular flexibility index (Phi) is 2.91. The molecule has 0 aliphatic heterocycles. The van der Waals surface area contributed by atoms with E-state index in [1.165, 1.54) is 12.3 Å². The summed E-state index contributed by atoms with van der Waals surface area (Å²) in [5.74, 6) is -1.37. The number of carbonyl (C=O) groups excluding carboxylic acids is 1. The Labute approximate surface area is 91.5 Å². The molecule has 1 aromatic carbocycles. The van der Waals surface area contributed by atoms with Crippen molar-refractivity contribution in [3.63, 3.8) is 0 Å². The normalized spacial score (nSPS) is 9.81. The molecule has 2 rings (SSSR count). The number of rotatable bonds is 2. The van der Waals surface area contributed by atoms with Crippen LogP contribution in [0.4, 0.5) is 4.39 Å².